The van der Waals surface area contributed by atoms with E-state index >= 15 is 0 Å². The fraction of sp³-hybridized carbons (Fsp3) is 0.533. The van der Waals surface area contributed by atoms with Crippen molar-refractivity contribution in [3.05, 3.63) is 24.0 Å². The van der Waals surface area contributed by atoms with Gasteiger partial charge in [-0.15, -0.1) is 0 Å². The molecule has 2 fully saturated rings. The first kappa shape index (κ1) is 13.4. The number of benzene rings is 1. The summed E-state index contributed by atoms with van der Waals surface area (Å²) in [5.41, 5.74) is 0.486. The molecule has 1 aliphatic heterocycles. The minimum Gasteiger partial charge on any atom is -0.487 e. The SMILES string of the molecule is O=C(Nc1ccc(OC2CCC2)c(F)c1)C1CCNC1. The molecule has 1 saturated heterocycles. The Balaban J connectivity index is 1.61. The smallest absolute Gasteiger partial charge is 0.228 e. The van der Waals surface area contributed by atoms with Crippen molar-refractivity contribution in [3.63, 3.8) is 0 Å². The van der Waals surface area contributed by atoms with Crippen LogP contribution in [0.2, 0.25) is 0 Å². The van der Waals surface area contributed by atoms with Crippen LogP contribution in [0.5, 0.6) is 5.75 Å². The summed E-state index contributed by atoms with van der Waals surface area (Å²) in [7, 11) is 0. The second-order valence-corrected chi connectivity index (χ2v) is 5.49. The van der Waals surface area contributed by atoms with E-state index in [1.165, 1.54) is 6.07 Å². The van der Waals surface area contributed by atoms with E-state index < -0.39 is 5.82 Å². The van der Waals surface area contributed by atoms with Crippen molar-refractivity contribution in [3.8, 4) is 5.75 Å². The van der Waals surface area contributed by atoms with E-state index in [-0.39, 0.29) is 23.7 Å². The molecule has 108 valence electrons. The molecule has 5 heteroatoms. The van der Waals surface area contributed by atoms with Gasteiger partial charge in [-0.1, -0.05) is 0 Å². The summed E-state index contributed by atoms with van der Waals surface area (Å²) in [6.07, 6.45) is 4.11. The molecule has 2 aliphatic rings. The minimum atomic E-state index is -0.417. The van der Waals surface area contributed by atoms with E-state index in [2.05, 4.69) is 10.6 Å². The maximum absolute atomic E-state index is 13.9. The van der Waals surface area contributed by atoms with E-state index in [0.717, 1.165) is 32.2 Å². The van der Waals surface area contributed by atoms with Gasteiger partial charge in [-0.25, -0.2) is 4.39 Å². The van der Waals surface area contributed by atoms with E-state index in [4.69, 9.17) is 4.74 Å². The molecule has 1 aromatic carbocycles. The van der Waals surface area contributed by atoms with E-state index in [9.17, 15) is 9.18 Å². The van der Waals surface area contributed by atoms with Crippen molar-refractivity contribution in [2.75, 3.05) is 18.4 Å². The first-order valence-electron chi connectivity index (χ1n) is 7.20. The van der Waals surface area contributed by atoms with Crippen LogP contribution in [-0.4, -0.2) is 25.1 Å². The van der Waals surface area contributed by atoms with Gasteiger partial charge >= 0.3 is 0 Å². The van der Waals surface area contributed by atoms with Crippen LogP contribution in [0, 0.1) is 11.7 Å². The Kier molecular flexibility index (Phi) is 3.87. The van der Waals surface area contributed by atoms with Gasteiger partial charge in [-0.05, 0) is 44.4 Å². The lowest BCUT2D eigenvalue weighted by atomic mass is 9.96. The zero-order valence-corrected chi connectivity index (χ0v) is 11.3. The highest BCUT2D eigenvalue weighted by Gasteiger charge is 2.23. The van der Waals surface area contributed by atoms with E-state index in [1.54, 1.807) is 12.1 Å². The molecule has 0 bridgehead atoms. The first-order valence-corrected chi connectivity index (χ1v) is 7.20. The number of rotatable bonds is 4. The molecule has 2 N–H and O–H groups in total. The molecular weight excluding hydrogens is 259 g/mol. The predicted octanol–water partition coefficient (Wildman–Crippen LogP) is 2.31. The number of ether oxygens (including phenoxy) is 1. The van der Waals surface area contributed by atoms with Crippen LogP contribution in [0.1, 0.15) is 25.7 Å². The van der Waals surface area contributed by atoms with Gasteiger partial charge in [0.25, 0.3) is 0 Å². The number of hydrogen-bond acceptors (Lipinski definition) is 3. The summed E-state index contributed by atoms with van der Waals surface area (Å²) in [5, 5.41) is 5.90. The van der Waals surface area contributed by atoms with Crippen molar-refractivity contribution in [2.24, 2.45) is 5.92 Å². The summed E-state index contributed by atoms with van der Waals surface area (Å²) in [6, 6.07) is 4.61. The van der Waals surface area contributed by atoms with Gasteiger partial charge < -0.3 is 15.4 Å². The highest BCUT2D eigenvalue weighted by atomic mass is 19.1. The van der Waals surface area contributed by atoms with Gasteiger partial charge in [0.15, 0.2) is 11.6 Å². The number of halogens is 1. The van der Waals surface area contributed by atoms with E-state index in [1.807, 2.05) is 0 Å². The maximum Gasteiger partial charge on any atom is 0.228 e. The third-order valence-corrected chi connectivity index (χ3v) is 3.98. The quantitative estimate of drug-likeness (QED) is 0.888. The van der Waals surface area contributed by atoms with Crippen LogP contribution in [0.4, 0.5) is 10.1 Å². The monoisotopic (exact) mass is 278 g/mol. The van der Waals surface area contributed by atoms with Crippen molar-refractivity contribution in [1.29, 1.82) is 0 Å². The summed E-state index contributed by atoms with van der Waals surface area (Å²) < 4.78 is 19.5. The molecule has 4 nitrogen and oxygen atoms in total. The Labute approximate surface area is 117 Å². The summed E-state index contributed by atoms with van der Waals surface area (Å²) in [5.74, 6) is -0.222. The number of hydrogen-bond donors (Lipinski definition) is 2. The van der Waals surface area contributed by atoms with Crippen molar-refractivity contribution < 1.29 is 13.9 Å². The molecule has 1 heterocycles. The Morgan fingerprint density at radius 1 is 1.35 bits per heavy atom. The lowest BCUT2D eigenvalue weighted by Gasteiger charge is -2.26. The molecule has 1 atom stereocenters. The third kappa shape index (κ3) is 2.93. The molecule has 3 rings (SSSR count). The van der Waals surface area contributed by atoms with Crippen LogP contribution in [0.15, 0.2) is 18.2 Å². The fourth-order valence-electron chi connectivity index (χ4n) is 2.47. The normalized spacial score (nSPS) is 22.4. The number of anilines is 1. The molecular formula is C15H19FN2O2. The number of amides is 1. The zero-order chi connectivity index (χ0) is 13.9. The number of nitrogens with one attached hydrogen (secondary N) is 2. The molecule has 1 aromatic rings. The fourth-order valence-corrected chi connectivity index (χ4v) is 2.47. The molecule has 1 aliphatic carbocycles. The van der Waals surface area contributed by atoms with Gasteiger partial charge in [-0.2, -0.15) is 0 Å². The maximum atomic E-state index is 13.9. The number of carbonyl (C=O) groups is 1. The molecule has 1 saturated carbocycles. The Morgan fingerprint density at radius 2 is 2.20 bits per heavy atom. The van der Waals surface area contributed by atoms with E-state index in [0.29, 0.717) is 12.2 Å². The molecule has 20 heavy (non-hydrogen) atoms. The standard InChI is InChI=1S/C15H19FN2O2/c16-13-8-11(18-15(19)10-6-7-17-9-10)4-5-14(13)20-12-2-1-3-12/h4-5,8,10,12,17H,1-3,6-7,9H2,(H,18,19). The lowest BCUT2D eigenvalue weighted by Crippen LogP contribution is -2.25. The average Bonchev–Trinajstić information content (AvgIpc) is 2.89. The van der Waals surface area contributed by atoms with Gasteiger partial charge in [-0.3, -0.25) is 4.79 Å². The van der Waals surface area contributed by atoms with Crippen LogP contribution in [0.3, 0.4) is 0 Å². The highest BCUT2D eigenvalue weighted by Crippen LogP contribution is 2.28. The molecule has 0 radical (unpaired) electrons. The van der Waals surface area contributed by atoms with Crippen molar-refractivity contribution in [2.45, 2.75) is 31.8 Å². The average molecular weight is 278 g/mol. The van der Waals surface area contributed by atoms with Crippen LogP contribution in [-0.2, 0) is 4.79 Å². The summed E-state index contributed by atoms with van der Waals surface area (Å²) in [6.45, 7) is 1.55. The second-order valence-electron chi connectivity index (χ2n) is 5.49. The largest absolute Gasteiger partial charge is 0.487 e. The van der Waals surface area contributed by atoms with Gasteiger partial charge in [0.05, 0.1) is 12.0 Å². The highest BCUT2D eigenvalue weighted by molar-refractivity contribution is 5.92. The molecule has 1 unspecified atom stereocenters. The predicted molar refractivity (Wildman–Crippen MR) is 74.3 cm³/mol. The summed E-state index contributed by atoms with van der Waals surface area (Å²) >= 11 is 0. The van der Waals surface area contributed by atoms with Crippen molar-refractivity contribution >= 4 is 11.6 Å². The van der Waals surface area contributed by atoms with Gasteiger partial charge in [0.2, 0.25) is 5.91 Å². The lowest BCUT2D eigenvalue weighted by molar-refractivity contribution is -0.119. The van der Waals surface area contributed by atoms with Crippen LogP contribution < -0.4 is 15.4 Å². The number of carbonyl (C=O) groups excluding carboxylic acids is 1. The Morgan fingerprint density at radius 3 is 2.80 bits per heavy atom. The molecule has 0 spiro atoms. The second kappa shape index (κ2) is 5.79. The van der Waals surface area contributed by atoms with Gasteiger partial charge in [0.1, 0.15) is 0 Å². The third-order valence-electron chi connectivity index (χ3n) is 3.98. The van der Waals surface area contributed by atoms with Crippen molar-refractivity contribution in [1.82, 2.24) is 5.32 Å². The Bertz CT molecular complexity index is 497. The van der Waals surface area contributed by atoms with Gasteiger partial charge in [0, 0.05) is 18.3 Å². The molecule has 1 amide bonds. The zero-order valence-electron chi connectivity index (χ0n) is 11.3. The first-order chi connectivity index (χ1) is 9.72. The summed E-state index contributed by atoms with van der Waals surface area (Å²) in [4.78, 5) is 11.9. The van der Waals surface area contributed by atoms with Crippen LogP contribution in [0.25, 0.3) is 0 Å². The molecule has 0 aromatic heterocycles. The minimum absolute atomic E-state index is 0.0241. The topological polar surface area (TPSA) is 50.4 Å². The van der Waals surface area contributed by atoms with Crippen LogP contribution >= 0.6 is 0 Å². The Hall–Kier alpha value is -1.62.